The molecule has 94 valence electrons. The van der Waals surface area contributed by atoms with Gasteiger partial charge in [-0.1, -0.05) is 12.8 Å². The van der Waals surface area contributed by atoms with Gasteiger partial charge in [-0.05, 0) is 25.3 Å². The van der Waals surface area contributed by atoms with Crippen LogP contribution in [0.25, 0.3) is 0 Å². The molecule has 1 fully saturated rings. The second-order valence-electron chi connectivity index (χ2n) is 4.17. The molecule has 16 heavy (non-hydrogen) atoms. The van der Waals surface area contributed by atoms with Crippen LogP contribution in [0, 0.1) is 5.92 Å². The van der Waals surface area contributed by atoms with Crippen molar-refractivity contribution in [3.63, 3.8) is 0 Å². The Hall–Kier alpha value is -0.780. The minimum Gasteiger partial charge on any atom is -0.346 e. The minimum absolute atomic E-state index is 0.0351. The lowest BCUT2D eigenvalue weighted by Crippen LogP contribution is -2.40. The number of halogens is 3. The van der Waals surface area contributed by atoms with Crippen molar-refractivity contribution in [1.82, 2.24) is 10.6 Å². The summed E-state index contributed by atoms with van der Waals surface area (Å²) in [5.74, 6) is -0.0225. The molecule has 0 bridgehead atoms. The maximum absolute atomic E-state index is 11.7. The van der Waals surface area contributed by atoms with Crippen LogP contribution < -0.4 is 10.6 Å². The molecule has 0 aromatic rings. The van der Waals surface area contributed by atoms with Gasteiger partial charge in [0.15, 0.2) is 0 Å². The third kappa shape index (κ3) is 5.95. The van der Waals surface area contributed by atoms with Crippen molar-refractivity contribution in [3.8, 4) is 0 Å². The molecule has 0 aromatic carbocycles. The zero-order valence-electron chi connectivity index (χ0n) is 9.07. The predicted octanol–water partition coefficient (Wildman–Crippen LogP) is 1.44. The summed E-state index contributed by atoms with van der Waals surface area (Å²) in [5, 5.41) is 4.71. The van der Waals surface area contributed by atoms with E-state index in [1.165, 1.54) is 12.8 Å². The summed E-state index contributed by atoms with van der Waals surface area (Å²) >= 11 is 0. The average Bonchev–Trinajstić information content (AvgIpc) is 2.66. The Bertz CT molecular complexity index is 225. The minimum atomic E-state index is -4.33. The monoisotopic (exact) mass is 238 g/mol. The fourth-order valence-electron chi connectivity index (χ4n) is 1.87. The molecule has 1 aliphatic carbocycles. The van der Waals surface area contributed by atoms with E-state index in [4.69, 9.17) is 0 Å². The molecule has 2 N–H and O–H groups in total. The van der Waals surface area contributed by atoms with E-state index in [2.05, 4.69) is 5.32 Å². The molecule has 0 heterocycles. The number of rotatable bonds is 5. The fourth-order valence-corrected chi connectivity index (χ4v) is 1.87. The van der Waals surface area contributed by atoms with Gasteiger partial charge in [-0.2, -0.15) is 13.2 Å². The molecule has 0 spiro atoms. The van der Waals surface area contributed by atoms with Crippen LogP contribution in [0.2, 0.25) is 0 Å². The number of carbonyl (C=O) groups excluding carboxylic acids is 1. The summed E-state index contributed by atoms with van der Waals surface area (Å²) in [6.45, 7) is -0.567. The van der Waals surface area contributed by atoms with Crippen molar-refractivity contribution >= 4 is 5.91 Å². The largest absolute Gasteiger partial charge is 0.405 e. The zero-order valence-corrected chi connectivity index (χ0v) is 9.07. The normalized spacial score (nSPS) is 17.7. The van der Waals surface area contributed by atoms with Gasteiger partial charge in [-0.25, -0.2) is 0 Å². The smallest absolute Gasteiger partial charge is 0.346 e. The first-order chi connectivity index (χ1) is 7.47. The molecule has 0 radical (unpaired) electrons. The van der Waals surface area contributed by atoms with Gasteiger partial charge in [0, 0.05) is 0 Å². The van der Waals surface area contributed by atoms with Crippen LogP contribution in [0.1, 0.15) is 25.7 Å². The summed E-state index contributed by atoms with van der Waals surface area (Å²) in [5.41, 5.74) is 0. The highest BCUT2D eigenvalue weighted by Gasteiger charge is 2.27. The van der Waals surface area contributed by atoms with E-state index >= 15 is 0 Å². The number of hydrogen-bond donors (Lipinski definition) is 2. The Morgan fingerprint density at radius 3 is 2.44 bits per heavy atom. The quantitative estimate of drug-likeness (QED) is 0.761. The van der Waals surface area contributed by atoms with Gasteiger partial charge in [-0.3, -0.25) is 4.79 Å². The van der Waals surface area contributed by atoms with Crippen LogP contribution in [0.5, 0.6) is 0 Å². The SMILES string of the molecule is O=C(CNCC1CCCC1)NCC(F)(F)F. The Morgan fingerprint density at radius 1 is 1.25 bits per heavy atom. The summed E-state index contributed by atoms with van der Waals surface area (Å²) in [6.07, 6.45) is 0.398. The first-order valence-electron chi connectivity index (χ1n) is 5.51. The van der Waals surface area contributed by atoms with Crippen LogP contribution in [-0.2, 0) is 4.79 Å². The molecule has 0 aromatic heterocycles. The Labute approximate surface area is 92.8 Å². The Balaban J connectivity index is 2.01. The molecule has 1 amide bonds. The van der Waals surface area contributed by atoms with Crippen LogP contribution >= 0.6 is 0 Å². The van der Waals surface area contributed by atoms with E-state index in [1.54, 1.807) is 0 Å². The van der Waals surface area contributed by atoms with Gasteiger partial charge in [0.1, 0.15) is 6.54 Å². The van der Waals surface area contributed by atoms with E-state index in [1.807, 2.05) is 5.32 Å². The summed E-state index contributed by atoms with van der Waals surface area (Å²) in [7, 11) is 0. The second kappa shape index (κ2) is 6.08. The topological polar surface area (TPSA) is 41.1 Å². The van der Waals surface area contributed by atoms with Crippen LogP contribution in [0.3, 0.4) is 0 Å². The number of alkyl halides is 3. The highest BCUT2D eigenvalue weighted by atomic mass is 19.4. The molecule has 0 atom stereocenters. The van der Waals surface area contributed by atoms with E-state index in [0.29, 0.717) is 5.92 Å². The van der Waals surface area contributed by atoms with E-state index < -0.39 is 18.6 Å². The van der Waals surface area contributed by atoms with E-state index in [0.717, 1.165) is 19.4 Å². The molecule has 1 rings (SSSR count). The lowest BCUT2D eigenvalue weighted by molar-refractivity contribution is -0.137. The molecule has 0 saturated heterocycles. The van der Waals surface area contributed by atoms with Crippen LogP contribution in [-0.4, -0.2) is 31.7 Å². The highest BCUT2D eigenvalue weighted by molar-refractivity contribution is 5.77. The third-order valence-electron chi connectivity index (χ3n) is 2.68. The third-order valence-corrected chi connectivity index (χ3v) is 2.68. The molecule has 3 nitrogen and oxygen atoms in total. The summed E-state index contributed by atoms with van der Waals surface area (Å²) < 4.78 is 35.2. The van der Waals surface area contributed by atoms with Gasteiger partial charge in [-0.15, -0.1) is 0 Å². The van der Waals surface area contributed by atoms with Crippen LogP contribution in [0.15, 0.2) is 0 Å². The molecule has 6 heteroatoms. The van der Waals surface area contributed by atoms with Crippen molar-refractivity contribution in [2.24, 2.45) is 5.92 Å². The lowest BCUT2D eigenvalue weighted by Gasteiger charge is -2.11. The average molecular weight is 238 g/mol. The van der Waals surface area contributed by atoms with Crippen molar-refractivity contribution < 1.29 is 18.0 Å². The van der Waals surface area contributed by atoms with E-state index in [-0.39, 0.29) is 6.54 Å². The fraction of sp³-hybridized carbons (Fsp3) is 0.900. The van der Waals surface area contributed by atoms with Crippen molar-refractivity contribution in [2.45, 2.75) is 31.9 Å². The van der Waals surface area contributed by atoms with Gasteiger partial charge < -0.3 is 10.6 Å². The van der Waals surface area contributed by atoms with Gasteiger partial charge in [0.05, 0.1) is 6.54 Å². The predicted molar refractivity (Wildman–Crippen MR) is 53.9 cm³/mol. The maximum Gasteiger partial charge on any atom is 0.405 e. The first kappa shape index (κ1) is 13.3. The van der Waals surface area contributed by atoms with Gasteiger partial charge in [0.2, 0.25) is 5.91 Å². The molecule has 1 saturated carbocycles. The maximum atomic E-state index is 11.7. The van der Waals surface area contributed by atoms with Gasteiger partial charge in [0.25, 0.3) is 0 Å². The second-order valence-corrected chi connectivity index (χ2v) is 4.17. The Kier molecular flexibility index (Phi) is 5.05. The number of hydrogen-bond acceptors (Lipinski definition) is 2. The lowest BCUT2D eigenvalue weighted by atomic mass is 10.1. The Morgan fingerprint density at radius 2 is 1.88 bits per heavy atom. The van der Waals surface area contributed by atoms with Crippen molar-refractivity contribution in [1.29, 1.82) is 0 Å². The molecule has 1 aliphatic rings. The molecular weight excluding hydrogens is 221 g/mol. The molecule has 0 aliphatic heterocycles. The van der Waals surface area contributed by atoms with Crippen molar-refractivity contribution in [2.75, 3.05) is 19.6 Å². The summed E-state index contributed by atoms with van der Waals surface area (Å²) in [6, 6.07) is 0. The highest BCUT2D eigenvalue weighted by Crippen LogP contribution is 2.23. The number of nitrogens with one attached hydrogen (secondary N) is 2. The summed E-state index contributed by atoms with van der Waals surface area (Å²) in [4.78, 5) is 11.0. The first-order valence-corrected chi connectivity index (χ1v) is 5.51. The number of carbonyl (C=O) groups is 1. The standard InChI is InChI=1S/C10H17F3N2O/c11-10(12,13)7-15-9(16)6-14-5-8-3-1-2-4-8/h8,14H,1-7H2,(H,15,16). The van der Waals surface area contributed by atoms with Crippen LogP contribution in [0.4, 0.5) is 13.2 Å². The van der Waals surface area contributed by atoms with Crippen molar-refractivity contribution in [3.05, 3.63) is 0 Å². The van der Waals surface area contributed by atoms with E-state index in [9.17, 15) is 18.0 Å². The molecular formula is C10H17F3N2O. The molecule has 0 unspecified atom stereocenters. The zero-order chi connectivity index (χ0) is 12.0. The number of amides is 1. The van der Waals surface area contributed by atoms with Gasteiger partial charge >= 0.3 is 6.18 Å².